The third kappa shape index (κ3) is 3.77. The van der Waals surface area contributed by atoms with Crippen molar-refractivity contribution in [3.8, 4) is 0 Å². The molecule has 2 bridgehead atoms. The minimum atomic E-state index is -0.900. The second-order valence-corrected chi connectivity index (χ2v) is 11.9. The standard InChI is InChI=1S/C26H40N2O6/c1-6-24(4)13-19(34-23(32)28-22(31)33-17-11-16(27)12-17)25(5)14(2)7-9-26(15(3)21(24)30)10-8-18(29)20(25)26/h6,14-17,19-21,30H,1,7-13,27H2,2-5H3,(H,28,31,32)/t14-,15?,16?,17?,19-,20?,21?,24-,25+,26+/m1/s1. The molecule has 0 aromatic carbocycles. The first-order valence-corrected chi connectivity index (χ1v) is 12.7. The van der Waals surface area contributed by atoms with Gasteiger partial charge < -0.3 is 20.3 Å². The lowest BCUT2D eigenvalue weighted by Gasteiger charge is -2.61. The molecule has 4 fully saturated rings. The second-order valence-electron chi connectivity index (χ2n) is 11.9. The molecule has 8 nitrogen and oxygen atoms in total. The van der Waals surface area contributed by atoms with E-state index in [0.717, 1.165) is 19.3 Å². The molecule has 4 N–H and O–H groups in total. The summed E-state index contributed by atoms with van der Waals surface area (Å²) in [6, 6.07) is 0.0158. The maximum atomic E-state index is 13.4. The normalized spacial score (nSPS) is 47.9. The summed E-state index contributed by atoms with van der Waals surface area (Å²) in [4.78, 5) is 38.5. The monoisotopic (exact) mass is 476 g/mol. The van der Waals surface area contributed by atoms with Gasteiger partial charge in [0.25, 0.3) is 0 Å². The van der Waals surface area contributed by atoms with E-state index in [4.69, 9.17) is 15.2 Å². The van der Waals surface area contributed by atoms with Crippen LogP contribution in [0.3, 0.4) is 0 Å². The summed E-state index contributed by atoms with van der Waals surface area (Å²) in [5.74, 6) is -0.114. The number of carbonyl (C=O) groups is 3. The Hall–Kier alpha value is -1.93. The molecule has 190 valence electrons. The summed E-state index contributed by atoms with van der Waals surface area (Å²) in [6.07, 6.45) is 2.66. The lowest BCUT2D eigenvalue weighted by atomic mass is 9.44. The number of hydrogen-bond acceptors (Lipinski definition) is 7. The molecule has 0 heterocycles. The van der Waals surface area contributed by atoms with Gasteiger partial charge in [-0.1, -0.05) is 33.8 Å². The molecule has 0 radical (unpaired) electrons. The number of ketones is 1. The van der Waals surface area contributed by atoms with Crippen LogP contribution in [0, 0.1) is 34.0 Å². The highest BCUT2D eigenvalue weighted by atomic mass is 16.6. The zero-order chi connectivity index (χ0) is 25.1. The number of alkyl carbamates (subject to hydrolysis) is 2. The number of aliphatic hydroxyl groups is 1. The Labute approximate surface area is 202 Å². The van der Waals surface area contributed by atoms with Crippen LogP contribution in [0.4, 0.5) is 9.59 Å². The Balaban J connectivity index is 1.64. The van der Waals surface area contributed by atoms with Crippen LogP contribution >= 0.6 is 0 Å². The highest BCUT2D eigenvalue weighted by molar-refractivity contribution is 5.88. The van der Waals surface area contributed by atoms with Crippen molar-refractivity contribution in [3.63, 3.8) is 0 Å². The molecule has 0 aromatic heterocycles. The van der Waals surface area contributed by atoms with Gasteiger partial charge in [-0.2, -0.15) is 0 Å². The summed E-state index contributed by atoms with van der Waals surface area (Å²) < 4.78 is 11.2. The van der Waals surface area contributed by atoms with Crippen molar-refractivity contribution < 1.29 is 29.0 Å². The van der Waals surface area contributed by atoms with Gasteiger partial charge in [-0.25, -0.2) is 14.9 Å². The number of nitrogens with two attached hydrogens (primary N) is 1. The van der Waals surface area contributed by atoms with Crippen molar-refractivity contribution in [1.82, 2.24) is 5.32 Å². The molecule has 4 aliphatic rings. The van der Waals surface area contributed by atoms with E-state index in [1.165, 1.54) is 0 Å². The van der Waals surface area contributed by atoms with Gasteiger partial charge in [0.15, 0.2) is 0 Å². The number of imide groups is 1. The Morgan fingerprint density at radius 3 is 2.44 bits per heavy atom. The molecule has 4 aliphatic carbocycles. The SMILES string of the molecule is C=C[C@]1(C)C[C@@H](OC(=O)NC(=O)OC2CC(N)C2)[C@@]2(C)C3C(=O)CC[C@@]3(CC[C@H]2C)C(C)C1O. The molecule has 4 rings (SSSR count). The first-order valence-electron chi connectivity index (χ1n) is 12.7. The van der Waals surface area contributed by atoms with E-state index in [2.05, 4.69) is 32.7 Å². The number of Topliss-reactive ketones (excluding diaryl/α,β-unsaturated/α-hetero) is 1. The number of rotatable bonds is 3. The molecule has 0 aromatic rings. The van der Waals surface area contributed by atoms with Crippen molar-refractivity contribution in [3.05, 3.63) is 12.7 Å². The number of amides is 2. The Morgan fingerprint density at radius 2 is 1.82 bits per heavy atom. The molecular weight excluding hydrogens is 436 g/mol. The molecule has 2 amide bonds. The number of ether oxygens (including phenoxy) is 2. The summed E-state index contributed by atoms with van der Waals surface area (Å²) >= 11 is 0. The van der Waals surface area contributed by atoms with Crippen molar-refractivity contribution in [2.24, 2.45) is 39.7 Å². The minimum absolute atomic E-state index is 0.0158. The van der Waals surface area contributed by atoms with Gasteiger partial charge in [0.2, 0.25) is 0 Å². The second kappa shape index (κ2) is 8.63. The molecular formula is C26H40N2O6. The molecule has 0 aliphatic heterocycles. The van der Waals surface area contributed by atoms with Gasteiger partial charge in [-0.3, -0.25) is 4.79 Å². The number of nitrogens with one attached hydrogen (secondary N) is 1. The minimum Gasteiger partial charge on any atom is -0.446 e. The maximum Gasteiger partial charge on any atom is 0.416 e. The number of carbonyl (C=O) groups excluding carboxylic acids is 3. The molecule has 34 heavy (non-hydrogen) atoms. The molecule has 8 heteroatoms. The fraction of sp³-hybridized carbons (Fsp3) is 0.808. The predicted octanol–water partition coefficient (Wildman–Crippen LogP) is 3.70. The van der Waals surface area contributed by atoms with Gasteiger partial charge >= 0.3 is 12.2 Å². The van der Waals surface area contributed by atoms with E-state index in [1.807, 2.05) is 6.92 Å². The van der Waals surface area contributed by atoms with Crippen molar-refractivity contribution in [2.75, 3.05) is 0 Å². The van der Waals surface area contributed by atoms with Crippen LogP contribution < -0.4 is 11.1 Å². The van der Waals surface area contributed by atoms with Gasteiger partial charge in [0, 0.05) is 29.2 Å². The van der Waals surface area contributed by atoms with Gasteiger partial charge in [0.1, 0.15) is 18.0 Å². The third-order valence-corrected chi connectivity index (χ3v) is 10.2. The lowest BCUT2D eigenvalue weighted by Crippen LogP contribution is -2.63. The molecule has 0 saturated heterocycles. The van der Waals surface area contributed by atoms with Gasteiger partial charge in [-0.15, -0.1) is 6.58 Å². The number of hydrogen-bond donors (Lipinski definition) is 3. The fourth-order valence-electron chi connectivity index (χ4n) is 7.63. The number of aliphatic hydroxyl groups excluding tert-OH is 1. The van der Waals surface area contributed by atoms with Crippen LogP contribution in [0.15, 0.2) is 12.7 Å². The van der Waals surface area contributed by atoms with E-state index in [9.17, 15) is 19.5 Å². The topological polar surface area (TPSA) is 128 Å². The van der Waals surface area contributed by atoms with Gasteiger partial charge in [-0.05, 0) is 55.8 Å². The Morgan fingerprint density at radius 1 is 1.18 bits per heavy atom. The van der Waals surface area contributed by atoms with Crippen LogP contribution in [0.5, 0.6) is 0 Å². The summed E-state index contributed by atoms with van der Waals surface area (Å²) in [7, 11) is 0. The Kier molecular flexibility index (Phi) is 6.39. The van der Waals surface area contributed by atoms with Crippen LogP contribution in [-0.2, 0) is 14.3 Å². The van der Waals surface area contributed by atoms with E-state index >= 15 is 0 Å². The zero-order valence-corrected chi connectivity index (χ0v) is 20.8. The zero-order valence-electron chi connectivity index (χ0n) is 20.8. The first-order chi connectivity index (χ1) is 15.9. The van der Waals surface area contributed by atoms with E-state index in [0.29, 0.717) is 25.7 Å². The lowest BCUT2D eigenvalue weighted by molar-refractivity contribution is -0.191. The quantitative estimate of drug-likeness (QED) is 0.530. The molecule has 4 saturated carbocycles. The molecule has 0 spiro atoms. The van der Waals surface area contributed by atoms with E-state index in [-0.39, 0.29) is 41.1 Å². The third-order valence-electron chi connectivity index (χ3n) is 10.2. The van der Waals surface area contributed by atoms with E-state index < -0.39 is 35.2 Å². The Bertz CT molecular complexity index is 871. The maximum absolute atomic E-state index is 13.4. The average Bonchev–Trinajstić information content (AvgIpc) is 3.11. The van der Waals surface area contributed by atoms with Crippen LogP contribution in [-0.4, -0.2) is 47.4 Å². The highest BCUT2D eigenvalue weighted by Crippen LogP contribution is 2.67. The smallest absolute Gasteiger partial charge is 0.416 e. The van der Waals surface area contributed by atoms with Gasteiger partial charge in [0.05, 0.1) is 6.10 Å². The van der Waals surface area contributed by atoms with Crippen molar-refractivity contribution >= 4 is 18.0 Å². The average molecular weight is 477 g/mol. The largest absolute Gasteiger partial charge is 0.446 e. The first kappa shape index (κ1) is 25.2. The summed E-state index contributed by atoms with van der Waals surface area (Å²) in [5, 5.41) is 13.7. The predicted molar refractivity (Wildman–Crippen MR) is 126 cm³/mol. The molecule has 3 unspecified atom stereocenters. The fourth-order valence-corrected chi connectivity index (χ4v) is 7.63. The van der Waals surface area contributed by atoms with Crippen LogP contribution in [0.2, 0.25) is 0 Å². The van der Waals surface area contributed by atoms with E-state index in [1.54, 1.807) is 6.08 Å². The molecule has 8 atom stereocenters. The summed E-state index contributed by atoms with van der Waals surface area (Å²) in [6.45, 7) is 12.2. The van der Waals surface area contributed by atoms with Crippen molar-refractivity contribution in [2.45, 2.75) is 97.0 Å². The highest BCUT2D eigenvalue weighted by Gasteiger charge is 2.68. The summed E-state index contributed by atoms with van der Waals surface area (Å²) in [5.41, 5.74) is 4.02. The van der Waals surface area contributed by atoms with Crippen LogP contribution in [0.1, 0.15) is 72.6 Å². The van der Waals surface area contributed by atoms with Crippen LogP contribution in [0.25, 0.3) is 0 Å². The van der Waals surface area contributed by atoms with Crippen molar-refractivity contribution in [1.29, 1.82) is 0 Å².